The third-order valence-electron chi connectivity index (χ3n) is 3.72. The van der Waals surface area contributed by atoms with Crippen LogP contribution in [0.25, 0.3) is 0 Å². The highest BCUT2D eigenvalue weighted by atomic mass is 19.1. The molecule has 1 saturated heterocycles. The second-order valence-electron chi connectivity index (χ2n) is 5.41. The van der Waals surface area contributed by atoms with Crippen LogP contribution in [0.15, 0.2) is 36.5 Å². The number of carbonyl (C=O) groups is 2. The fourth-order valence-electron chi connectivity index (χ4n) is 2.40. The second kappa shape index (κ2) is 7.35. The van der Waals surface area contributed by atoms with Crippen molar-refractivity contribution in [1.29, 1.82) is 0 Å². The minimum Gasteiger partial charge on any atom is -0.378 e. The van der Waals surface area contributed by atoms with Crippen LogP contribution in [-0.4, -0.2) is 48.0 Å². The highest BCUT2D eigenvalue weighted by Crippen LogP contribution is 2.16. The van der Waals surface area contributed by atoms with Crippen molar-refractivity contribution in [2.24, 2.45) is 0 Å². The number of benzene rings is 1. The molecule has 0 spiro atoms. The van der Waals surface area contributed by atoms with Gasteiger partial charge in [0.1, 0.15) is 17.3 Å². The predicted octanol–water partition coefficient (Wildman–Crippen LogP) is 2.08. The number of anilines is 1. The van der Waals surface area contributed by atoms with E-state index in [1.165, 1.54) is 18.3 Å². The van der Waals surface area contributed by atoms with Gasteiger partial charge in [0.25, 0.3) is 11.8 Å². The minimum atomic E-state index is -0.882. The van der Waals surface area contributed by atoms with E-state index in [1.54, 1.807) is 4.90 Å². The molecule has 1 N–H and O–H groups in total. The van der Waals surface area contributed by atoms with E-state index in [0.717, 1.165) is 12.1 Å². The molecule has 2 amide bonds. The maximum Gasteiger partial charge on any atom is 0.272 e. The number of hydrogen-bond donors (Lipinski definition) is 1. The van der Waals surface area contributed by atoms with Gasteiger partial charge in [-0.05, 0) is 24.3 Å². The zero-order valence-electron chi connectivity index (χ0n) is 13.2. The zero-order chi connectivity index (χ0) is 17.8. The molecule has 1 aromatic heterocycles. The molecule has 1 aromatic carbocycles. The van der Waals surface area contributed by atoms with Gasteiger partial charge < -0.3 is 15.0 Å². The van der Waals surface area contributed by atoms with Gasteiger partial charge in [0.05, 0.1) is 18.9 Å². The van der Waals surface area contributed by atoms with Crippen molar-refractivity contribution in [2.75, 3.05) is 31.6 Å². The standard InChI is InChI=1S/C17H15F2N3O3/c18-12-1-2-14(13(19)10-12)21-16(23)11-3-4-20-15(9-11)17(24)22-5-7-25-8-6-22/h1-4,9-10H,5-8H2,(H,21,23). The average Bonchev–Trinajstić information content (AvgIpc) is 2.64. The molecule has 2 aromatic rings. The normalized spacial score (nSPS) is 14.2. The topological polar surface area (TPSA) is 71.5 Å². The van der Waals surface area contributed by atoms with Crippen LogP contribution in [-0.2, 0) is 4.74 Å². The maximum atomic E-state index is 13.6. The molecule has 8 heteroatoms. The average molecular weight is 347 g/mol. The molecule has 1 aliphatic rings. The summed E-state index contributed by atoms with van der Waals surface area (Å²) in [5.41, 5.74) is 0.119. The van der Waals surface area contributed by atoms with E-state index in [-0.39, 0.29) is 22.9 Å². The molecule has 0 atom stereocenters. The molecule has 0 unspecified atom stereocenters. The SMILES string of the molecule is O=C(Nc1ccc(F)cc1F)c1ccnc(C(=O)N2CCOCC2)c1. The monoisotopic (exact) mass is 347 g/mol. The summed E-state index contributed by atoms with van der Waals surface area (Å²) in [4.78, 5) is 30.2. The number of aromatic nitrogens is 1. The van der Waals surface area contributed by atoms with E-state index in [4.69, 9.17) is 4.74 Å². The van der Waals surface area contributed by atoms with E-state index in [9.17, 15) is 18.4 Å². The number of pyridine rings is 1. The molecule has 0 aliphatic carbocycles. The molecule has 130 valence electrons. The molecule has 0 bridgehead atoms. The van der Waals surface area contributed by atoms with Gasteiger partial charge in [-0.3, -0.25) is 14.6 Å². The van der Waals surface area contributed by atoms with E-state index >= 15 is 0 Å². The van der Waals surface area contributed by atoms with Crippen LogP contribution >= 0.6 is 0 Å². The first-order valence-electron chi connectivity index (χ1n) is 7.64. The lowest BCUT2D eigenvalue weighted by atomic mass is 10.2. The van der Waals surface area contributed by atoms with Gasteiger partial charge in [0.2, 0.25) is 0 Å². The number of ether oxygens (including phenoxy) is 1. The Morgan fingerprint density at radius 1 is 1.12 bits per heavy atom. The summed E-state index contributed by atoms with van der Waals surface area (Å²) in [6, 6.07) is 5.60. The van der Waals surface area contributed by atoms with Crippen molar-refractivity contribution in [3.8, 4) is 0 Å². The molecule has 0 radical (unpaired) electrons. The van der Waals surface area contributed by atoms with Crippen LogP contribution in [0.3, 0.4) is 0 Å². The fourth-order valence-corrected chi connectivity index (χ4v) is 2.40. The first-order valence-corrected chi connectivity index (χ1v) is 7.64. The largest absolute Gasteiger partial charge is 0.378 e. The van der Waals surface area contributed by atoms with Gasteiger partial charge in [-0.25, -0.2) is 8.78 Å². The molecule has 3 rings (SSSR count). The lowest BCUT2D eigenvalue weighted by Gasteiger charge is -2.26. The number of hydrogen-bond acceptors (Lipinski definition) is 4. The van der Waals surface area contributed by atoms with Crippen LogP contribution in [0, 0.1) is 11.6 Å². The molecule has 6 nitrogen and oxygen atoms in total. The number of nitrogens with one attached hydrogen (secondary N) is 1. The summed E-state index contributed by atoms with van der Waals surface area (Å²) in [5, 5.41) is 2.35. The Labute approximate surface area is 142 Å². The van der Waals surface area contributed by atoms with Crippen molar-refractivity contribution in [2.45, 2.75) is 0 Å². The zero-order valence-corrected chi connectivity index (χ0v) is 13.2. The molecular formula is C17H15F2N3O3. The van der Waals surface area contributed by atoms with Crippen molar-refractivity contribution < 1.29 is 23.1 Å². The number of nitrogens with zero attached hydrogens (tertiary/aromatic N) is 2. The van der Waals surface area contributed by atoms with Crippen LogP contribution in [0.1, 0.15) is 20.8 Å². The van der Waals surface area contributed by atoms with Crippen LogP contribution in [0.2, 0.25) is 0 Å². The van der Waals surface area contributed by atoms with Gasteiger partial charge in [-0.2, -0.15) is 0 Å². The summed E-state index contributed by atoms with van der Waals surface area (Å²) in [6.07, 6.45) is 1.34. The first-order chi connectivity index (χ1) is 12.0. The Morgan fingerprint density at radius 2 is 1.88 bits per heavy atom. The van der Waals surface area contributed by atoms with E-state index < -0.39 is 17.5 Å². The summed E-state index contributed by atoms with van der Waals surface area (Å²) in [7, 11) is 0. The quantitative estimate of drug-likeness (QED) is 0.923. The smallest absolute Gasteiger partial charge is 0.272 e. The lowest BCUT2D eigenvalue weighted by Crippen LogP contribution is -2.41. The van der Waals surface area contributed by atoms with Crippen molar-refractivity contribution >= 4 is 17.5 Å². The second-order valence-corrected chi connectivity index (χ2v) is 5.41. The summed E-state index contributed by atoms with van der Waals surface area (Å²) in [5.74, 6) is -2.54. The van der Waals surface area contributed by atoms with Crippen molar-refractivity contribution in [1.82, 2.24) is 9.88 Å². The molecule has 1 fully saturated rings. The van der Waals surface area contributed by atoms with Gasteiger partial charge in [0.15, 0.2) is 0 Å². The molecule has 25 heavy (non-hydrogen) atoms. The van der Waals surface area contributed by atoms with Crippen LogP contribution < -0.4 is 5.32 Å². The number of amides is 2. The van der Waals surface area contributed by atoms with Gasteiger partial charge in [-0.15, -0.1) is 0 Å². The molecular weight excluding hydrogens is 332 g/mol. The van der Waals surface area contributed by atoms with E-state index in [1.807, 2.05) is 0 Å². The minimum absolute atomic E-state index is 0.120. The van der Waals surface area contributed by atoms with E-state index in [2.05, 4.69) is 10.3 Å². The number of morpholine rings is 1. The number of rotatable bonds is 3. The Bertz CT molecular complexity index is 807. The highest BCUT2D eigenvalue weighted by molar-refractivity contribution is 6.05. The third kappa shape index (κ3) is 3.97. The number of carbonyl (C=O) groups excluding carboxylic acids is 2. The Hall–Kier alpha value is -2.87. The van der Waals surface area contributed by atoms with Gasteiger partial charge in [0, 0.05) is 30.9 Å². The Kier molecular flexibility index (Phi) is 4.99. The summed E-state index contributed by atoms with van der Waals surface area (Å²) < 4.78 is 31.7. The lowest BCUT2D eigenvalue weighted by molar-refractivity contribution is 0.0299. The van der Waals surface area contributed by atoms with Crippen LogP contribution in [0.4, 0.5) is 14.5 Å². The molecule has 2 heterocycles. The van der Waals surface area contributed by atoms with Crippen molar-refractivity contribution in [3.63, 3.8) is 0 Å². The van der Waals surface area contributed by atoms with Gasteiger partial charge in [-0.1, -0.05) is 0 Å². The maximum absolute atomic E-state index is 13.6. The number of halogens is 2. The van der Waals surface area contributed by atoms with Crippen LogP contribution in [0.5, 0.6) is 0 Å². The molecule has 0 saturated carbocycles. The van der Waals surface area contributed by atoms with Gasteiger partial charge >= 0.3 is 0 Å². The molecule has 1 aliphatic heterocycles. The summed E-state index contributed by atoms with van der Waals surface area (Å²) >= 11 is 0. The summed E-state index contributed by atoms with van der Waals surface area (Å²) in [6.45, 7) is 1.82. The fraction of sp³-hybridized carbons (Fsp3) is 0.235. The Morgan fingerprint density at radius 3 is 2.60 bits per heavy atom. The third-order valence-corrected chi connectivity index (χ3v) is 3.72. The van der Waals surface area contributed by atoms with Crippen molar-refractivity contribution in [3.05, 3.63) is 59.4 Å². The van der Waals surface area contributed by atoms with E-state index in [0.29, 0.717) is 32.4 Å². The highest BCUT2D eigenvalue weighted by Gasteiger charge is 2.21. The Balaban J connectivity index is 1.76. The first kappa shape index (κ1) is 17.0. The predicted molar refractivity (Wildman–Crippen MR) is 85.3 cm³/mol.